The fraction of sp³-hybridized carbons (Fsp3) is 0.800. The lowest BCUT2D eigenvalue weighted by Gasteiger charge is -2.29. The highest BCUT2D eigenvalue weighted by atomic mass is 15.3. The summed E-state index contributed by atoms with van der Waals surface area (Å²) in [5.41, 5.74) is 6.03. The van der Waals surface area contributed by atoms with Gasteiger partial charge in [0.15, 0.2) is 0 Å². The molecule has 4 nitrogen and oxygen atoms in total. The average molecular weight is 196 g/mol. The van der Waals surface area contributed by atoms with Crippen LogP contribution in [0, 0.1) is 5.41 Å². The van der Waals surface area contributed by atoms with Gasteiger partial charge in [-0.05, 0) is 24.8 Å². The Bertz CT molecular complexity index is 267. The maximum atomic E-state index is 5.84. The molecule has 0 aliphatic rings. The molecule has 1 rings (SSSR count). The number of nitrogens with two attached hydrogens (primary N) is 1. The minimum absolute atomic E-state index is 0.195. The molecule has 0 atom stereocenters. The molecule has 1 aromatic rings. The molecule has 0 aliphatic heterocycles. The van der Waals surface area contributed by atoms with Gasteiger partial charge in [-0.15, -0.1) is 0 Å². The van der Waals surface area contributed by atoms with E-state index in [1.807, 2.05) is 11.7 Å². The van der Waals surface area contributed by atoms with Gasteiger partial charge in [-0.1, -0.05) is 13.8 Å². The molecule has 1 heterocycles. The molecule has 0 radical (unpaired) electrons. The normalized spacial score (nSPS) is 12.0. The van der Waals surface area contributed by atoms with Crippen LogP contribution in [0.2, 0.25) is 0 Å². The van der Waals surface area contributed by atoms with Crippen molar-refractivity contribution in [1.29, 1.82) is 0 Å². The number of aromatic nitrogens is 3. The van der Waals surface area contributed by atoms with Crippen LogP contribution in [0.1, 0.15) is 32.5 Å². The molecule has 0 spiro atoms. The lowest BCUT2D eigenvalue weighted by atomic mass is 9.79. The highest BCUT2D eigenvalue weighted by molar-refractivity contribution is 4.93. The summed E-state index contributed by atoms with van der Waals surface area (Å²) in [6.45, 7) is 5.09. The van der Waals surface area contributed by atoms with Crippen LogP contribution in [0.3, 0.4) is 0 Å². The van der Waals surface area contributed by atoms with Crippen molar-refractivity contribution in [2.24, 2.45) is 18.2 Å². The van der Waals surface area contributed by atoms with Gasteiger partial charge in [0, 0.05) is 13.5 Å². The summed E-state index contributed by atoms with van der Waals surface area (Å²) < 4.78 is 1.83. The summed E-state index contributed by atoms with van der Waals surface area (Å²) in [4.78, 5) is 4.24. The average Bonchev–Trinajstić information content (AvgIpc) is 2.61. The maximum Gasteiger partial charge on any atom is 0.138 e. The Morgan fingerprint density at radius 2 is 2.07 bits per heavy atom. The van der Waals surface area contributed by atoms with E-state index in [0.29, 0.717) is 6.54 Å². The first-order valence-electron chi connectivity index (χ1n) is 5.20. The van der Waals surface area contributed by atoms with Gasteiger partial charge in [-0.25, -0.2) is 4.98 Å². The zero-order chi connectivity index (χ0) is 10.6. The fourth-order valence-electron chi connectivity index (χ4n) is 1.68. The summed E-state index contributed by atoms with van der Waals surface area (Å²) in [5.74, 6) is 1.03. The molecule has 80 valence electrons. The van der Waals surface area contributed by atoms with Crippen LogP contribution in [0.4, 0.5) is 0 Å². The van der Waals surface area contributed by atoms with Crippen molar-refractivity contribution in [3.05, 3.63) is 12.2 Å². The van der Waals surface area contributed by atoms with E-state index in [0.717, 1.165) is 25.1 Å². The minimum Gasteiger partial charge on any atom is -0.330 e. The van der Waals surface area contributed by atoms with Gasteiger partial charge in [-0.2, -0.15) is 5.10 Å². The molecule has 0 bridgehead atoms. The summed E-state index contributed by atoms with van der Waals surface area (Å²) in [6, 6.07) is 0. The predicted octanol–water partition coefficient (Wildman–Crippen LogP) is 1.12. The summed E-state index contributed by atoms with van der Waals surface area (Å²) in [6.07, 6.45) is 4.70. The van der Waals surface area contributed by atoms with Crippen molar-refractivity contribution in [3.8, 4) is 0 Å². The molecule has 0 saturated heterocycles. The molecule has 4 heteroatoms. The Labute approximate surface area is 85.5 Å². The van der Waals surface area contributed by atoms with Gasteiger partial charge in [0.1, 0.15) is 12.2 Å². The van der Waals surface area contributed by atoms with Crippen LogP contribution in [-0.4, -0.2) is 21.3 Å². The van der Waals surface area contributed by atoms with Crippen molar-refractivity contribution in [1.82, 2.24) is 14.8 Å². The Morgan fingerprint density at radius 1 is 1.43 bits per heavy atom. The second-order valence-electron chi connectivity index (χ2n) is 3.89. The van der Waals surface area contributed by atoms with Gasteiger partial charge in [0.25, 0.3) is 0 Å². The molecule has 1 aromatic heterocycles. The van der Waals surface area contributed by atoms with Gasteiger partial charge in [0.2, 0.25) is 0 Å². The molecular formula is C10H20N4. The fourth-order valence-corrected chi connectivity index (χ4v) is 1.68. The molecule has 0 fully saturated rings. The number of rotatable bonds is 5. The van der Waals surface area contributed by atoms with Crippen LogP contribution < -0.4 is 5.73 Å². The summed E-state index contributed by atoms with van der Waals surface area (Å²) in [7, 11) is 1.93. The lowest BCUT2D eigenvalue weighted by Crippen LogP contribution is -2.32. The second-order valence-corrected chi connectivity index (χ2v) is 3.89. The first-order chi connectivity index (χ1) is 6.67. The van der Waals surface area contributed by atoms with E-state index in [2.05, 4.69) is 23.9 Å². The van der Waals surface area contributed by atoms with Gasteiger partial charge in [-0.3, -0.25) is 4.68 Å². The third-order valence-electron chi connectivity index (χ3n) is 3.27. The highest BCUT2D eigenvalue weighted by Crippen LogP contribution is 2.28. The summed E-state index contributed by atoms with van der Waals surface area (Å²) >= 11 is 0. The highest BCUT2D eigenvalue weighted by Gasteiger charge is 2.26. The van der Waals surface area contributed by atoms with E-state index < -0.39 is 0 Å². The van der Waals surface area contributed by atoms with Gasteiger partial charge < -0.3 is 5.73 Å². The van der Waals surface area contributed by atoms with Crippen LogP contribution in [0.15, 0.2) is 6.33 Å². The van der Waals surface area contributed by atoms with E-state index in [9.17, 15) is 0 Å². The Balaban J connectivity index is 2.79. The summed E-state index contributed by atoms with van der Waals surface area (Å²) in [5, 5.41) is 4.07. The van der Waals surface area contributed by atoms with Gasteiger partial charge in [0.05, 0.1) is 0 Å². The van der Waals surface area contributed by atoms with Crippen molar-refractivity contribution in [3.63, 3.8) is 0 Å². The molecular weight excluding hydrogens is 176 g/mol. The van der Waals surface area contributed by atoms with Crippen molar-refractivity contribution in [2.75, 3.05) is 6.54 Å². The monoisotopic (exact) mass is 196 g/mol. The third-order valence-corrected chi connectivity index (χ3v) is 3.27. The molecule has 0 unspecified atom stereocenters. The van der Waals surface area contributed by atoms with Crippen LogP contribution in [0.25, 0.3) is 0 Å². The number of hydrogen-bond donors (Lipinski definition) is 1. The standard InChI is InChI=1S/C10H20N4/c1-4-10(5-2,7-11)6-9-12-8-13-14(9)3/h8H,4-7,11H2,1-3H3. The Morgan fingerprint density at radius 3 is 2.43 bits per heavy atom. The molecule has 14 heavy (non-hydrogen) atoms. The van der Waals surface area contributed by atoms with Crippen molar-refractivity contribution >= 4 is 0 Å². The van der Waals surface area contributed by atoms with Gasteiger partial charge >= 0.3 is 0 Å². The number of hydrogen-bond acceptors (Lipinski definition) is 3. The number of nitrogens with zero attached hydrogens (tertiary/aromatic N) is 3. The van der Waals surface area contributed by atoms with Crippen molar-refractivity contribution in [2.45, 2.75) is 33.1 Å². The topological polar surface area (TPSA) is 56.7 Å². The number of aryl methyl sites for hydroxylation is 1. The second kappa shape index (κ2) is 4.55. The zero-order valence-corrected chi connectivity index (χ0v) is 9.32. The van der Waals surface area contributed by atoms with E-state index in [4.69, 9.17) is 5.73 Å². The Kier molecular flexibility index (Phi) is 3.63. The van der Waals surface area contributed by atoms with E-state index >= 15 is 0 Å². The molecule has 0 aromatic carbocycles. The molecule has 2 N–H and O–H groups in total. The smallest absolute Gasteiger partial charge is 0.138 e. The SMILES string of the molecule is CCC(CC)(CN)Cc1ncnn1C. The minimum atomic E-state index is 0.195. The van der Waals surface area contributed by atoms with E-state index in [-0.39, 0.29) is 5.41 Å². The molecule has 0 saturated carbocycles. The third kappa shape index (κ3) is 2.12. The largest absolute Gasteiger partial charge is 0.330 e. The van der Waals surface area contributed by atoms with Crippen LogP contribution in [0.5, 0.6) is 0 Å². The Hall–Kier alpha value is -0.900. The molecule has 0 aliphatic carbocycles. The lowest BCUT2D eigenvalue weighted by molar-refractivity contribution is 0.262. The molecule has 0 amide bonds. The zero-order valence-electron chi connectivity index (χ0n) is 9.32. The maximum absolute atomic E-state index is 5.84. The van der Waals surface area contributed by atoms with E-state index in [1.165, 1.54) is 0 Å². The first-order valence-corrected chi connectivity index (χ1v) is 5.20. The van der Waals surface area contributed by atoms with Crippen LogP contribution in [-0.2, 0) is 13.5 Å². The van der Waals surface area contributed by atoms with Crippen molar-refractivity contribution < 1.29 is 0 Å². The predicted molar refractivity (Wildman–Crippen MR) is 56.8 cm³/mol. The first kappa shape index (κ1) is 11.2. The quantitative estimate of drug-likeness (QED) is 0.768. The van der Waals surface area contributed by atoms with E-state index in [1.54, 1.807) is 6.33 Å². The van der Waals surface area contributed by atoms with Crippen LogP contribution >= 0.6 is 0 Å².